The van der Waals surface area contributed by atoms with Crippen LogP contribution < -0.4 is 0 Å². The molecule has 0 saturated heterocycles. The Labute approximate surface area is 95.1 Å². The summed E-state index contributed by atoms with van der Waals surface area (Å²) in [7, 11) is 0. The quantitative estimate of drug-likeness (QED) is 0.772. The maximum Gasteiger partial charge on any atom is 0.157 e. The number of aromatic nitrogens is 1. The van der Waals surface area contributed by atoms with E-state index >= 15 is 0 Å². The summed E-state index contributed by atoms with van der Waals surface area (Å²) in [4.78, 5) is 16.1. The van der Waals surface area contributed by atoms with Crippen LogP contribution in [0.2, 0.25) is 0 Å². The molecule has 1 saturated carbocycles. The normalized spacial score (nSPS) is 18.5. The number of nitrogens with zero attached hydrogens (tertiary/aromatic N) is 2. The van der Waals surface area contributed by atoms with Crippen molar-refractivity contribution in [2.24, 2.45) is 11.8 Å². The van der Waals surface area contributed by atoms with E-state index in [1.165, 1.54) is 0 Å². The van der Waals surface area contributed by atoms with Crippen molar-refractivity contribution in [1.29, 1.82) is 5.26 Å². The molecule has 0 aliphatic heterocycles. The summed E-state index contributed by atoms with van der Waals surface area (Å²) in [6, 6.07) is 5.64. The minimum Gasteiger partial charge on any atom is -0.298 e. The van der Waals surface area contributed by atoms with Gasteiger partial charge in [0.2, 0.25) is 0 Å². The maximum atomic E-state index is 12.1. The van der Waals surface area contributed by atoms with E-state index in [2.05, 4.69) is 11.1 Å². The summed E-state index contributed by atoms with van der Waals surface area (Å²) in [5, 5.41) is 9.10. The van der Waals surface area contributed by atoms with E-state index in [0.717, 1.165) is 12.8 Å². The zero-order valence-corrected chi connectivity index (χ0v) is 9.26. The molecule has 1 aromatic rings. The summed E-state index contributed by atoms with van der Waals surface area (Å²) < 4.78 is 0. The second kappa shape index (κ2) is 4.44. The van der Waals surface area contributed by atoms with Gasteiger partial charge in [-0.15, -0.1) is 0 Å². The fraction of sp³-hybridized carbons (Fsp3) is 0.462. The Morgan fingerprint density at radius 2 is 2.38 bits per heavy atom. The molecule has 82 valence electrons. The van der Waals surface area contributed by atoms with Crippen LogP contribution in [0.15, 0.2) is 24.5 Å². The van der Waals surface area contributed by atoms with Crippen LogP contribution in [0, 0.1) is 23.2 Å². The lowest BCUT2D eigenvalue weighted by Crippen LogP contribution is -2.20. The molecule has 0 radical (unpaired) electrons. The van der Waals surface area contributed by atoms with E-state index in [1.807, 2.05) is 6.92 Å². The Morgan fingerprint density at radius 1 is 1.62 bits per heavy atom. The Hall–Kier alpha value is -1.69. The molecule has 2 unspecified atom stereocenters. The maximum absolute atomic E-state index is 12.1. The van der Waals surface area contributed by atoms with Gasteiger partial charge in [-0.2, -0.15) is 5.26 Å². The molecule has 3 nitrogen and oxygen atoms in total. The first kappa shape index (κ1) is 10.8. The molecule has 0 spiro atoms. The molecule has 0 N–H and O–H groups in total. The minimum absolute atomic E-state index is 0.00450. The fourth-order valence-electron chi connectivity index (χ4n) is 1.94. The third-order valence-corrected chi connectivity index (χ3v) is 3.21. The van der Waals surface area contributed by atoms with Crippen molar-refractivity contribution in [3.05, 3.63) is 30.1 Å². The van der Waals surface area contributed by atoms with E-state index in [1.54, 1.807) is 24.5 Å². The smallest absolute Gasteiger partial charge is 0.157 e. The van der Waals surface area contributed by atoms with Gasteiger partial charge in [-0.05, 0) is 30.4 Å². The van der Waals surface area contributed by atoms with Crippen molar-refractivity contribution >= 4 is 5.78 Å². The molecule has 3 heteroatoms. The van der Waals surface area contributed by atoms with Crippen LogP contribution in [0.4, 0.5) is 0 Å². The summed E-state index contributed by atoms with van der Waals surface area (Å²) in [6.45, 7) is 1.93. The standard InChI is InChI=1S/C13H14N2O/c1-9(10-4-5-10)13(16)12(7-14)11-3-2-6-15-8-11/h2-3,6,8-10,12H,4-5H2,1H3. The summed E-state index contributed by atoms with van der Waals surface area (Å²) in [6.07, 6.45) is 5.49. The van der Waals surface area contributed by atoms with Crippen LogP contribution in [0.5, 0.6) is 0 Å². The second-order valence-electron chi connectivity index (χ2n) is 4.38. The number of nitriles is 1. The number of hydrogen-bond acceptors (Lipinski definition) is 3. The Morgan fingerprint density at radius 3 is 2.88 bits per heavy atom. The van der Waals surface area contributed by atoms with Gasteiger partial charge >= 0.3 is 0 Å². The lowest BCUT2D eigenvalue weighted by molar-refractivity contribution is -0.123. The van der Waals surface area contributed by atoms with Crippen LogP contribution in [0.25, 0.3) is 0 Å². The highest BCUT2D eigenvalue weighted by atomic mass is 16.1. The van der Waals surface area contributed by atoms with Crippen LogP contribution >= 0.6 is 0 Å². The number of carbonyl (C=O) groups is 1. The van der Waals surface area contributed by atoms with Gasteiger partial charge in [-0.25, -0.2) is 0 Å². The highest BCUT2D eigenvalue weighted by molar-refractivity contribution is 5.90. The van der Waals surface area contributed by atoms with E-state index in [-0.39, 0.29) is 11.7 Å². The first-order valence-corrected chi connectivity index (χ1v) is 5.57. The second-order valence-corrected chi connectivity index (χ2v) is 4.38. The van der Waals surface area contributed by atoms with Gasteiger partial charge < -0.3 is 0 Å². The lowest BCUT2D eigenvalue weighted by Gasteiger charge is -2.13. The van der Waals surface area contributed by atoms with Crippen molar-refractivity contribution in [3.8, 4) is 6.07 Å². The van der Waals surface area contributed by atoms with Crippen LogP contribution in [-0.2, 0) is 4.79 Å². The largest absolute Gasteiger partial charge is 0.298 e. The molecule has 1 aliphatic rings. The first-order chi connectivity index (χ1) is 7.74. The minimum atomic E-state index is -0.649. The zero-order valence-electron chi connectivity index (χ0n) is 9.26. The predicted molar refractivity (Wildman–Crippen MR) is 59.5 cm³/mol. The SMILES string of the molecule is CC(C(=O)C(C#N)c1cccnc1)C1CC1. The van der Waals surface area contributed by atoms with Crippen LogP contribution in [-0.4, -0.2) is 10.8 Å². The summed E-state index contributed by atoms with van der Waals surface area (Å²) in [5.74, 6) is -0.104. The number of hydrogen-bond donors (Lipinski definition) is 0. The molecule has 1 aliphatic carbocycles. The van der Waals surface area contributed by atoms with Crippen LogP contribution in [0.1, 0.15) is 31.2 Å². The molecule has 0 bridgehead atoms. The van der Waals surface area contributed by atoms with Gasteiger partial charge in [-0.1, -0.05) is 13.0 Å². The molecular formula is C13H14N2O. The van der Waals surface area contributed by atoms with Gasteiger partial charge in [0.25, 0.3) is 0 Å². The molecular weight excluding hydrogens is 200 g/mol. The van der Waals surface area contributed by atoms with Gasteiger partial charge in [-0.3, -0.25) is 9.78 Å². The lowest BCUT2D eigenvalue weighted by atomic mass is 9.87. The molecule has 2 rings (SSSR count). The summed E-state index contributed by atoms with van der Waals surface area (Å²) >= 11 is 0. The van der Waals surface area contributed by atoms with E-state index < -0.39 is 5.92 Å². The Balaban J connectivity index is 2.17. The van der Waals surface area contributed by atoms with E-state index in [9.17, 15) is 4.79 Å². The predicted octanol–water partition coefficient (Wildman–Crippen LogP) is 2.30. The topological polar surface area (TPSA) is 53.8 Å². The fourth-order valence-corrected chi connectivity index (χ4v) is 1.94. The molecule has 0 amide bonds. The van der Waals surface area contributed by atoms with Crippen molar-refractivity contribution in [2.45, 2.75) is 25.7 Å². The number of carbonyl (C=O) groups excluding carboxylic acids is 1. The average Bonchev–Trinajstić information content (AvgIpc) is 3.14. The highest BCUT2D eigenvalue weighted by Gasteiger charge is 2.36. The third kappa shape index (κ3) is 2.11. The molecule has 2 atom stereocenters. The molecule has 1 aromatic heterocycles. The Bertz CT molecular complexity index is 417. The number of rotatable bonds is 4. The van der Waals surface area contributed by atoms with E-state index in [4.69, 9.17) is 5.26 Å². The van der Waals surface area contributed by atoms with Gasteiger partial charge in [0.15, 0.2) is 5.78 Å². The van der Waals surface area contributed by atoms with Crippen molar-refractivity contribution in [1.82, 2.24) is 4.98 Å². The van der Waals surface area contributed by atoms with E-state index in [0.29, 0.717) is 11.5 Å². The van der Waals surface area contributed by atoms with Crippen molar-refractivity contribution in [3.63, 3.8) is 0 Å². The molecule has 0 aromatic carbocycles. The van der Waals surface area contributed by atoms with Gasteiger partial charge in [0.05, 0.1) is 6.07 Å². The average molecular weight is 214 g/mol. The number of pyridine rings is 1. The summed E-state index contributed by atoms with van der Waals surface area (Å²) in [5.41, 5.74) is 0.711. The zero-order chi connectivity index (χ0) is 11.5. The molecule has 16 heavy (non-hydrogen) atoms. The Kier molecular flexibility index (Phi) is 3.00. The van der Waals surface area contributed by atoms with Crippen LogP contribution in [0.3, 0.4) is 0 Å². The highest BCUT2D eigenvalue weighted by Crippen LogP contribution is 2.39. The first-order valence-electron chi connectivity index (χ1n) is 5.57. The van der Waals surface area contributed by atoms with Crippen molar-refractivity contribution < 1.29 is 4.79 Å². The third-order valence-electron chi connectivity index (χ3n) is 3.21. The van der Waals surface area contributed by atoms with Gasteiger partial charge in [0, 0.05) is 18.3 Å². The molecule has 1 heterocycles. The molecule has 1 fully saturated rings. The monoisotopic (exact) mass is 214 g/mol. The van der Waals surface area contributed by atoms with Crippen molar-refractivity contribution in [2.75, 3.05) is 0 Å². The number of Topliss-reactive ketones (excluding diaryl/α,β-unsaturated/α-hetero) is 1. The van der Waals surface area contributed by atoms with Gasteiger partial charge in [0.1, 0.15) is 5.92 Å². The number of ketones is 1.